The number of nitrogens with one attached hydrogen (secondary N) is 1. The fourth-order valence-electron chi connectivity index (χ4n) is 3.32. The molecule has 1 unspecified atom stereocenters. The minimum absolute atomic E-state index is 0.0118. The van der Waals surface area contributed by atoms with Crippen molar-refractivity contribution in [2.75, 3.05) is 21.2 Å². The number of likely N-dealkylation sites (N-methyl/N-ethyl adjacent to an activating group) is 1. The monoisotopic (exact) mass is 310 g/mol. The number of aromatic amines is 1. The predicted octanol–water partition coefficient (Wildman–Crippen LogP) is 0.986. The van der Waals surface area contributed by atoms with Crippen LogP contribution in [0.25, 0.3) is 28.2 Å². The number of rotatable bonds is 2. The molecule has 3 aliphatic heterocycles. The van der Waals surface area contributed by atoms with E-state index < -0.39 is 0 Å². The SMILES string of the molecule is COn1ccc2c3c(c[nH]cc1-3)n1c(c2=O)=CC=CC1N(C)C. The summed E-state index contributed by atoms with van der Waals surface area (Å²) in [6, 6.07) is 1.82. The third-order valence-electron chi connectivity index (χ3n) is 4.36. The third kappa shape index (κ3) is 1.82. The van der Waals surface area contributed by atoms with Crippen LogP contribution in [0.1, 0.15) is 6.17 Å². The van der Waals surface area contributed by atoms with Crippen molar-refractivity contribution in [1.82, 2.24) is 19.2 Å². The van der Waals surface area contributed by atoms with E-state index in [-0.39, 0.29) is 11.6 Å². The highest BCUT2D eigenvalue weighted by molar-refractivity contribution is 5.93. The van der Waals surface area contributed by atoms with Gasteiger partial charge in [0.15, 0.2) is 0 Å². The van der Waals surface area contributed by atoms with Crippen molar-refractivity contribution in [2.45, 2.75) is 6.17 Å². The van der Waals surface area contributed by atoms with Crippen LogP contribution in [0.5, 0.6) is 0 Å². The molecule has 1 N–H and O–H groups in total. The zero-order valence-corrected chi connectivity index (χ0v) is 13.3. The van der Waals surface area contributed by atoms with E-state index in [0.29, 0.717) is 10.7 Å². The zero-order valence-electron chi connectivity index (χ0n) is 13.3. The fraction of sp³-hybridized carbons (Fsp3) is 0.235. The molecule has 0 fully saturated rings. The van der Waals surface area contributed by atoms with Crippen LogP contribution in [0.4, 0.5) is 0 Å². The number of fused-ring (bicyclic) bond motifs is 2. The molecule has 0 bridgehead atoms. The minimum Gasteiger partial charge on any atom is -0.417 e. The van der Waals surface area contributed by atoms with E-state index in [1.54, 1.807) is 18.0 Å². The first-order valence-electron chi connectivity index (χ1n) is 7.45. The van der Waals surface area contributed by atoms with E-state index in [4.69, 9.17) is 4.84 Å². The minimum atomic E-state index is -0.0118. The summed E-state index contributed by atoms with van der Waals surface area (Å²) in [6.07, 6.45) is 11.4. The predicted molar refractivity (Wildman–Crippen MR) is 90.0 cm³/mol. The molecule has 1 aromatic rings. The van der Waals surface area contributed by atoms with E-state index in [1.807, 2.05) is 44.7 Å². The summed E-state index contributed by atoms with van der Waals surface area (Å²) in [5, 5.41) is 1.39. The normalized spacial score (nSPS) is 16.8. The van der Waals surface area contributed by atoms with Crippen LogP contribution in [-0.4, -0.2) is 40.4 Å². The molecule has 23 heavy (non-hydrogen) atoms. The van der Waals surface area contributed by atoms with Crippen molar-refractivity contribution in [2.24, 2.45) is 0 Å². The number of hydrogen-bond donors (Lipinski definition) is 1. The lowest BCUT2D eigenvalue weighted by Gasteiger charge is -2.30. The Balaban J connectivity index is 2.24. The molecule has 0 aliphatic carbocycles. The number of pyridine rings is 3. The summed E-state index contributed by atoms with van der Waals surface area (Å²) in [5.74, 6) is 0. The first-order valence-corrected chi connectivity index (χ1v) is 7.45. The quantitative estimate of drug-likeness (QED) is 0.768. The Bertz CT molecular complexity index is 1020. The second-order valence-electron chi connectivity index (χ2n) is 5.85. The van der Waals surface area contributed by atoms with Gasteiger partial charge in [0.2, 0.25) is 5.43 Å². The molecule has 0 radical (unpaired) electrons. The molecular weight excluding hydrogens is 292 g/mol. The van der Waals surface area contributed by atoms with E-state index in [2.05, 4.69) is 20.5 Å². The lowest BCUT2D eigenvalue weighted by Crippen LogP contribution is -2.43. The Morgan fingerprint density at radius 3 is 2.87 bits per heavy atom. The van der Waals surface area contributed by atoms with Crippen molar-refractivity contribution < 1.29 is 4.84 Å². The number of allylic oxidation sites excluding steroid dienone is 1. The Kier molecular flexibility index (Phi) is 2.96. The van der Waals surface area contributed by atoms with E-state index in [1.165, 1.54) is 0 Å². The molecule has 0 amide bonds. The van der Waals surface area contributed by atoms with Crippen LogP contribution < -0.4 is 15.6 Å². The fourth-order valence-corrected chi connectivity index (χ4v) is 3.32. The van der Waals surface area contributed by atoms with Gasteiger partial charge in [0.05, 0.1) is 10.9 Å². The highest BCUT2D eigenvalue weighted by Crippen LogP contribution is 2.30. The molecule has 0 aromatic carbocycles. The van der Waals surface area contributed by atoms with Gasteiger partial charge in [-0.3, -0.25) is 9.69 Å². The molecule has 3 aliphatic rings. The number of aromatic nitrogens is 3. The van der Waals surface area contributed by atoms with Crippen LogP contribution in [0.15, 0.2) is 41.6 Å². The molecular formula is C17H18N4O2. The standard InChI is InChI=1S/C17H18N4O2/c1-19(2)15-6-4-5-12-17(22)11-7-8-20(23-3)13-9-18-10-14(16(11)13)21(12)15/h4-10,15,18H,1-3H3. The van der Waals surface area contributed by atoms with Gasteiger partial charge in [-0.15, -0.1) is 0 Å². The second kappa shape index (κ2) is 4.89. The van der Waals surface area contributed by atoms with Gasteiger partial charge in [-0.05, 0) is 32.3 Å². The van der Waals surface area contributed by atoms with Gasteiger partial charge in [-0.25, -0.2) is 0 Å². The largest absolute Gasteiger partial charge is 0.417 e. The molecule has 4 heterocycles. The molecule has 6 nitrogen and oxygen atoms in total. The summed E-state index contributed by atoms with van der Waals surface area (Å²) < 4.78 is 3.72. The molecule has 0 saturated heterocycles. The van der Waals surface area contributed by atoms with E-state index in [0.717, 1.165) is 16.8 Å². The maximum atomic E-state index is 13.0. The lowest BCUT2D eigenvalue weighted by molar-refractivity contribution is 0.169. The maximum Gasteiger partial charge on any atom is 0.210 e. The first kappa shape index (κ1) is 13.9. The van der Waals surface area contributed by atoms with E-state index in [9.17, 15) is 4.79 Å². The van der Waals surface area contributed by atoms with Gasteiger partial charge in [0.1, 0.15) is 19.0 Å². The smallest absolute Gasteiger partial charge is 0.210 e. The second-order valence-corrected chi connectivity index (χ2v) is 5.85. The van der Waals surface area contributed by atoms with Gasteiger partial charge in [0.25, 0.3) is 0 Å². The van der Waals surface area contributed by atoms with Crippen molar-refractivity contribution in [3.05, 3.63) is 52.4 Å². The summed E-state index contributed by atoms with van der Waals surface area (Å²) >= 11 is 0. The maximum absolute atomic E-state index is 13.0. The Labute approximate surface area is 132 Å². The summed E-state index contributed by atoms with van der Waals surface area (Å²) in [4.78, 5) is 23.6. The number of hydrogen-bond acceptors (Lipinski definition) is 3. The molecule has 4 rings (SSSR count). The average Bonchev–Trinajstić information content (AvgIpc) is 2.58. The zero-order chi connectivity index (χ0) is 16.1. The van der Waals surface area contributed by atoms with Crippen molar-refractivity contribution in [3.8, 4) is 11.3 Å². The van der Waals surface area contributed by atoms with Crippen LogP contribution in [0, 0.1) is 0 Å². The van der Waals surface area contributed by atoms with Gasteiger partial charge in [0, 0.05) is 29.5 Å². The van der Waals surface area contributed by atoms with Crippen LogP contribution in [0.3, 0.4) is 0 Å². The lowest BCUT2D eigenvalue weighted by atomic mass is 10.0. The van der Waals surface area contributed by atoms with Crippen molar-refractivity contribution in [3.63, 3.8) is 0 Å². The van der Waals surface area contributed by atoms with Crippen molar-refractivity contribution in [1.29, 1.82) is 0 Å². The molecule has 6 heteroatoms. The van der Waals surface area contributed by atoms with Gasteiger partial charge in [-0.1, -0.05) is 6.08 Å². The highest BCUT2D eigenvalue weighted by atomic mass is 16.6. The molecule has 118 valence electrons. The Morgan fingerprint density at radius 2 is 2.13 bits per heavy atom. The third-order valence-corrected chi connectivity index (χ3v) is 4.36. The molecule has 1 atom stereocenters. The van der Waals surface area contributed by atoms with Crippen LogP contribution in [-0.2, 0) is 0 Å². The summed E-state index contributed by atoms with van der Waals surface area (Å²) in [6.45, 7) is 0. The van der Waals surface area contributed by atoms with Gasteiger partial charge in [-0.2, -0.15) is 4.73 Å². The van der Waals surface area contributed by atoms with E-state index >= 15 is 0 Å². The molecule has 1 aromatic heterocycles. The summed E-state index contributed by atoms with van der Waals surface area (Å²) in [7, 11) is 5.61. The average molecular weight is 310 g/mol. The number of H-pyrrole nitrogens is 1. The van der Waals surface area contributed by atoms with Crippen LogP contribution in [0.2, 0.25) is 0 Å². The number of nitrogens with zero attached hydrogens (tertiary/aromatic N) is 3. The van der Waals surface area contributed by atoms with Crippen molar-refractivity contribution >= 4 is 17.0 Å². The summed E-state index contributed by atoms with van der Waals surface area (Å²) in [5.41, 5.74) is 2.74. The topological polar surface area (TPSA) is 55.2 Å². The highest BCUT2D eigenvalue weighted by Gasteiger charge is 2.23. The molecule has 0 saturated carbocycles. The van der Waals surface area contributed by atoms with Gasteiger partial charge >= 0.3 is 0 Å². The van der Waals surface area contributed by atoms with Crippen LogP contribution >= 0.6 is 0 Å². The Morgan fingerprint density at radius 1 is 1.30 bits per heavy atom. The Hall–Kier alpha value is -2.73. The molecule has 0 spiro atoms. The first-order chi connectivity index (χ1) is 11.1. The van der Waals surface area contributed by atoms with Gasteiger partial charge < -0.3 is 14.4 Å².